The Morgan fingerprint density at radius 1 is 1.00 bits per heavy atom. The van der Waals surface area contributed by atoms with Crippen molar-refractivity contribution in [2.45, 2.75) is 6.92 Å². The first-order chi connectivity index (χ1) is 8.20. The van der Waals surface area contributed by atoms with Gasteiger partial charge in [0.2, 0.25) is 0 Å². The fraction of sp³-hybridized carbons (Fsp3) is 0.0667. The molecule has 0 aromatic heterocycles. The maximum Gasteiger partial charge on any atom is 0.123 e. The Morgan fingerprint density at radius 3 is 2.41 bits per heavy atom. The van der Waals surface area contributed by atoms with Gasteiger partial charge in [0.25, 0.3) is 0 Å². The molecule has 3 N–H and O–H groups in total. The molecule has 0 spiro atoms. The first-order valence-electron chi connectivity index (χ1n) is 5.50. The van der Waals surface area contributed by atoms with E-state index in [0.717, 1.165) is 16.7 Å². The molecule has 0 amide bonds. The SMILES string of the molecule is Cc1cccc(N)c1C1=C/C=C/C=C\C=C\1O. The number of hydrogen-bond donors (Lipinski definition) is 2. The minimum absolute atomic E-state index is 0.228. The van der Waals surface area contributed by atoms with Crippen molar-refractivity contribution in [3.8, 4) is 0 Å². The van der Waals surface area contributed by atoms with Crippen LogP contribution in [-0.4, -0.2) is 5.11 Å². The summed E-state index contributed by atoms with van der Waals surface area (Å²) in [6.07, 6.45) is 11.0. The zero-order valence-electron chi connectivity index (χ0n) is 9.72. The Kier molecular flexibility index (Phi) is 3.15. The van der Waals surface area contributed by atoms with Gasteiger partial charge >= 0.3 is 0 Å². The van der Waals surface area contributed by atoms with Crippen molar-refractivity contribution in [1.29, 1.82) is 0 Å². The molecule has 86 valence electrons. The summed E-state index contributed by atoms with van der Waals surface area (Å²) in [5.41, 5.74) is 9.35. The van der Waals surface area contributed by atoms with Crippen LogP contribution in [0, 0.1) is 6.92 Å². The summed E-state index contributed by atoms with van der Waals surface area (Å²) in [4.78, 5) is 0. The molecule has 0 heterocycles. The van der Waals surface area contributed by atoms with Gasteiger partial charge in [-0.1, -0.05) is 42.5 Å². The summed E-state index contributed by atoms with van der Waals surface area (Å²) in [7, 11) is 0. The third kappa shape index (κ3) is 2.31. The van der Waals surface area contributed by atoms with Crippen molar-refractivity contribution in [3.05, 3.63) is 71.5 Å². The first-order valence-corrected chi connectivity index (χ1v) is 5.50. The monoisotopic (exact) mass is 225 g/mol. The molecule has 1 aliphatic carbocycles. The summed E-state index contributed by atoms with van der Waals surface area (Å²) >= 11 is 0. The highest BCUT2D eigenvalue weighted by Crippen LogP contribution is 2.30. The molecule has 1 aromatic carbocycles. The molecule has 0 atom stereocenters. The highest BCUT2D eigenvalue weighted by molar-refractivity contribution is 5.86. The van der Waals surface area contributed by atoms with Crippen LogP contribution in [0.15, 0.2) is 60.4 Å². The standard InChI is InChI=1S/C15H15NO/c1-11-7-6-9-13(16)15(11)12-8-4-2-3-5-10-14(12)17/h2-10,17H,16H2,1H3/b3-2?,4-2+,5-3-,8-4?,10-5?,12-8+,14-10-,14-12?. The van der Waals surface area contributed by atoms with E-state index in [-0.39, 0.29) is 5.76 Å². The molecule has 17 heavy (non-hydrogen) atoms. The number of aliphatic hydroxyl groups excluding tert-OH is 1. The Balaban J connectivity index is 2.59. The predicted molar refractivity (Wildman–Crippen MR) is 72.6 cm³/mol. The number of hydrogen-bond acceptors (Lipinski definition) is 2. The summed E-state index contributed by atoms with van der Waals surface area (Å²) in [5.74, 6) is 0.228. The molecule has 1 aliphatic rings. The van der Waals surface area contributed by atoms with Crippen LogP contribution >= 0.6 is 0 Å². The lowest BCUT2D eigenvalue weighted by atomic mass is 9.96. The van der Waals surface area contributed by atoms with Crippen LogP contribution in [0.1, 0.15) is 11.1 Å². The molecule has 0 saturated carbocycles. The lowest BCUT2D eigenvalue weighted by Gasteiger charge is -2.13. The summed E-state index contributed by atoms with van der Waals surface area (Å²) < 4.78 is 0. The second kappa shape index (κ2) is 4.74. The van der Waals surface area contributed by atoms with Crippen LogP contribution in [0.4, 0.5) is 5.69 Å². The van der Waals surface area contributed by atoms with Gasteiger partial charge in [-0.25, -0.2) is 0 Å². The molecule has 0 saturated heterocycles. The molecule has 0 unspecified atom stereocenters. The van der Waals surface area contributed by atoms with E-state index >= 15 is 0 Å². The number of allylic oxidation sites excluding steroid dienone is 7. The third-order valence-corrected chi connectivity index (χ3v) is 2.70. The second-order valence-electron chi connectivity index (χ2n) is 3.94. The minimum atomic E-state index is 0.228. The van der Waals surface area contributed by atoms with Crippen LogP contribution in [0.5, 0.6) is 0 Å². The lowest BCUT2D eigenvalue weighted by Crippen LogP contribution is -1.99. The summed E-state index contributed by atoms with van der Waals surface area (Å²) in [6, 6.07) is 5.74. The molecular weight excluding hydrogens is 210 g/mol. The smallest absolute Gasteiger partial charge is 0.123 e. The summed E-state index contributed by atoms with van der Waals surface area (Å²) in [6.45, 7) is 1.98. The summed E-state index contributed by atoms with van der Waals surface area (Å²) in [5, 5.41) is 10.0. The predicted octanol–water partition coefficient (Wildman–Crippen LogP) is 3.53. The van der Waals surface area contributed by atoms with Gasteiger partial charge < -0.3 is 10.8 Å². The van der Waals surface area contributed by atoms with Gasteiger partial charge in [0.15, 0.2) is 0 Å². The highest BCUT2D eigenvalue weighted by Gasteiger charge is 2.11. The van der Waals surface area contributed by atoms with Crippen LogP contribution in [0.3, 0.4) is 0 Å². The Labute approximate surface area is 101 Å². The van der Waals surface area contributed by atoms with Gasteiger partial charge in [-0.3, -0.25) is 0 Å². The zero-order valence-corrected chi connectivity index (χ0v) is 9.72. The number of nitrogen functional groups attached to an aromatic ring is 1. The third-order valence-electron chi connectivity index (χ3n) is 2.70. The van der Waals surface area contributed by atoms with Crippen LogP contribution < -0.4 is 5.73 Å². The van der Waals surface area contributed by atoms with E-state index in [9.17, 15) is 5.11 Å². The molecule has 0 fully saturated rings. The zero-order chi connectivity index (χ0) is 12.3. The van der Waals surface area contributed by atoms with Crippen LogP contribution in [-0.2, 0) is 0 Å². The molecule has 2 heteroatoms. The van der Waals surface area contributed by atoms with Crippen molar-refractivity contribution in [3.63, 3.8) is 0 Å². The van der Waals surface area contributed by atoms with E-state index in [1.807, 2.05) is 49.4 Å². The van der Waals surface area contributed by atoms with E-state index in [1.165, 1.54) is 0 Å². The van der Waals surface area contributed by atoms with Crippen molar-refractivity contribution in [1.82, 2.24) is 0 Å². The quantitative estimate of drug-likeness (QED) is 0.718. The van der Waals surface area contributed by atoms with Gasteiger partial charge in [0.1, 0.15) is 5.76 Å². The number of aliphatic hydroxyl groups is 1. The average molecular weight is 225 g/mol. The highest BCUT2D eigenvalue weighted by atomic mass is 16.3. The maximum absolute atomic E-state index is 10.0. The molecule has 0 radical (unpaired) electrons. The van der Waals surface area contributed by atoms with Gasteiger partial charge in [-0.15, -0.1) is 0 Å². The molecule has 2 nitrogen and oxygen atoms in total. The molecule has 0 bridgehead atoms. The fourth-order valence-electron chi connectivity index (χ4n) is 1.87. The van der Waals surface area contributed by atoms with Crippen molar-refractivity contribution < 1.29 is 5.11 Å². The largest absolute Gasteiger partial charge is 0.507 e. The van der Waals surface area contributed by atoms with Crippen molar-refractivity contribution >= 4 is 11.3 Å². The minimum Gasteiger partial charge on any atom is -0.507 e. The molecule has 0 aliphatic heterocycles. The van der Waals surface area contributed by atoms with Crippen molar-refractivity contribution in [2.75, 3.05) is 5.73 Å². The number of benzene rings is 1. The van der Waals surface area contributed by atoms with Crippen molar-refractivity contribution in [2.24, 2.45) is 0 Å². The maximum atomic E-state index is 10.0. The Morgan fingerprint density at radius 2 is 1.71 bits per heavy atom. The average Bonchev–Trinajstić information content (AvgIpc) is 2.27. The van der Waals surface area contributed by atoms with E-state index in [0.29, 0.717) is 5.69 Å². The van der Waals surface area contributed by atoms with Gasteiger partial charge in [0.05, 0.1) is 0 Å². The number of rotatable bonds is 1. The topological polar surface area (TPSA) is 46.2 Å². The van der Waals surface area contributed by atoms with Gasteiger partial charge in [0, 0.05) is 16.8 Å². The van der Waals surface area contributed by atoms with E-state index in [4.69, 9.17) is 5.73 Å². The van der Waals surface area contributed by atoms with Gasteiger partial charge in [-0.05, 0) is 24.6 Å². The number of nitrogens with two attached hydrogens (primary N) is 1. The molecule has 1 aromatic rings. The molecular formula is C15H15NO. The normalized spacial score (nSPS) is 24.8. The number of anilines is 1. The van der Waals surface area contributed by atoms with Crippen LogP contribution in [0.2, 0.25) is 0 Å². The molecule has 2 rings (SSSR count). The van der Waals surface area contributed by atoms with E-state index in [2.05, 4.69) is 0 Å². The van der Waals surface area contributed by atoms with E-state index < -0.39 is 0 Å². The number of aryl methyl sites for hydroxylation is 1. The fourth-order valence-corrected chi connectivity index (χ4v) is 1.87. The van der Waals surface area contributed by atoms with Crippen LogP contribution in [0.25, 0.3) is 5.57 Å². The first kappa shape index (κ1) is 11.3. The lowest BCUT2D eigenvalue weighted by molar-refractivity contribution is 0.438. The second-order valence-corrected chi connectivity index (χ2v) is 3.94. The Hall–Kier alpha value is -2.22. The van der Waals surface area contributed by atoms with Gasteiger partial charge in [-0.2, -0.15) is 0 Å². The van der Waals surface area contributed by atoms with E-state index in [1.54, 1.807) is 12.2 Å². The Bertz CT molecular complexity index is 528.